The van der Waals surface area contributed by atoms with Crippen LogP contribution in [0.3, 0.4) is 0 Å². The third kappa shape index (κ3) is 4.53. The number of halogens is 2. The van der Waals surface area contributed by atoms with Gasteiger partial charge in [0.05, 0.1) is 17.3 Å². The number of hydrogen-bond donors (Lipinski definition) is 0. The zero-order valence-electron chi connectivity index (χ0n) is 15.3. The molecular weight excluding hydrogens is 469 g/mol. The molecule has 0 aliphatic rings. The summed E-state index contributed by atoms with van der Waals surface area (Å²) >= 11 is 8.71. The maximum absolute atomic E-state index is 9.32. The Labute approximate surface area is 179 Å². The third-order valence-corrected chi connectivity index (χ3v) is 5.66. The van der Waals surface area contributed by atoms with Gasteiger partial charge in [0.15, 0.2) is 5.15 Å². The summed E-state index contributed by atoms with van der Waals surface area (Å²) in [5, 5.41) is 9.94. The van der Waals surface area contributed by atoms with Crippen LogP contribution in [-0.2, 0) is 17.4 Å². The minimum atomic E-state index is 0.620. The fourth-order valence-electron chi connectivity index (χ4n) is 3.15. The number of aryl methyl sites for hydroxylation is 1. The number of nitrogens with zero attached hydrogens (tertiary/aromatic N) is 3. The summed E-state index contributed by atoms with van der Waals surface area (Å²) in [5.74, 6) is 1.06. The van der Waals surface area contributed by atoms with Gasteiger partial charge in [-0.3, -0.25) is 0 Å². The number of imidazole rings is 1. The predicted molar refractivity (Wildman–Crippen MR) is 119 cm³/mol. The van der Waals surface area contributed by atoms with Crippen LogP contribution in [0, 0.1) is 11.3 Å². The lowest BCUT2D eigenvalue weighted by atomic mass is 9.99. The number of alkyl halides is 1. The van der Waals surface area contributed by atoms with Gasteiger partial charge in [-0.2, -0.15) is 5.26 Å². The van der Waals surface area contributed by atoms with Crippen molar-refractivity contribution in [3.63, 3.8) is 0 Å². The van der Waals surface area contributed by atoms with Crippen LogP contribution in [0.4, 0.5) is 0 Å². The highest BCUT2D eigenvalue weighted by molar-refractivity contribution is 14.1. The zero-order chi connectivity index (χ0) is 19.2. The highest BCUT2D eigenvalue weighted by Gasteiger charge is 2.15. The second-order valence-electron chi connectivity index (χ2n) is 6.44. The molecule has 3 aromatic rings. The fraction of sp³-hybridized carbons (Fsp3) is 0.273. The smallest absolute Gasteiger partial charge is 0.151 e. The predicted octanol–water partition coefficient (Wildman–Crippen LogP) is 6.40. The van der Waals surface area contributed by atoms with Crippen molar-refractivity contribution in [1.82, 2.24) is 9.55 Å². The van der Waals surface area contributed by atoms with Crippen molar-refractivity contribution < 1.29 is 0 Å². The van der Waals surface area contributed by atoms with E-state index in [0.717, 1.165) is 52.9 Å². The molecule has 0 saturated carbocycles. The van der Waals surface area contributed by atoms with Gasteiger partial charge >= 0.3 is 0 Å². The molecule has 0 saturated heterocycles. The van der Waals surface area contributed by atoms with E-state index in [9.17, 15) is 5.26 Å². The van der Waals surface area contributed by atoms with Crippen LogP contribution in [0.15, 0.2) is 48.5 Å². The van der Waals surface area contributed by atoms with Crippen LogP contribution >= 0.6 is 34.2 Å². The number of rotatable bonds is 7. The molecule has 0 radical (unpaired) electrons. The molecule has 5 heteroatoms. The lowest BCUT2D eigenvalue weighted by Crippen LogP contribution is -2.08. The van der Waals surface area contributed by atoms with E-state index in [-0.39, 0.29) is 0 Å². The van der Waals surface area contributed by atoms with Gasteiger partial charge in [-0.15, -0.1) is 0 Å². The molecule has 0 aliphatic heterocycles. The fourth-order valence-corrected chi connectivity index (χ4v) is 4.41. The van der Waals surface area contributed by atoms with Crippen molar-refractivity contribution in [3.05, 3.63) is 76.3 Å². The Balaban J connectivity index is 1.88. The Morgan fingerprint density at radius 2 is 1.89 bits per heavy atom. The highest BCUT2D eigenvalue weighted by atomic mass is 127. The first-order valence-corrected chi connectivity index (χ1v) is 11.0. The number of aromatic nitrogens is 2. The lowest BCUT2D eigenvalue weighted by Gasteiger charge is -2.12. The molecule has 2 aromatic carbocycles. The van der Waals surface area contributed by atoms with Gasteiger partial charge in [0.2, 0.25) is 0 Å². The van der Waals surface area contributed by atoms with Crippen molar-refractivity contribution in [2.24, 2.45) is 0 Å². The molecule has 0 aliphatic carbocycles. The second kappa shape index (κ2) is 9.38. The average molecular weight is 490 g/mol. The molecule has 27 heavy (non-hydrogen) atoms. The summed E-state index contributed by atoms with van der Waals surface area (Å²) in [4.78, 5) is 4.59. The molecule has 3 nitrogen and oxygen atoms in total. The Morgan fingerprint density at radius 1 is 1.15 bits per heavy atom. The topological polar surface area (TPSA) is 41.6 Å². The van der Waals surface area contributed by atoms with E-state index in [1.54, 1.807) is 0 Å². The van der Waals surface area contributed by atoms with E-state index in [0.29, 0.717) is 10.7 Å². The van der Waals surface area contributed by atoms with E-state index in [1.807, 2.05) is 24.3 Å². The van der Waals surface area contributed by atoms with Crippen LogP contribution in [0.25, 0.3) is 11.1 Å². The Morgan fingerprint density at radius 3 is 2.56 bits per heavy atom. The summed E-state index contributed by atoms with van der Waals surface area (Å²) in [6.07, 6.45) is 3.19. The molecule has 138 valence electrons. The van der Waals surface area contributed by atoms with Gasteiger partial charge in [-0.05, 0) is 29.2 Å². The molecule has 0 unspecified atom stereocenters. The van der Waals surface area contributed by atoms with Crippen LogP contribution in [-0.4, -0.2) is 9.55 Å². The van der Waals surface area contributed by atoms with Gasteiger partial charge in [-0.25, -0.2) is 4.98 Å². The third-order valence-electron chi connectivity index (χ3n) is 4.64. The van der Waals surface area contributed by atoms with Crippen LogP contribution < -0.4 is 0 Å². The highest BCUT2D eigenvalue weighted by Crippen LogP contribution is 2.26. The molecular formula is C22H21ClIN3. The summed E-state index contributed by atoms with van der Waals surface area (Å²) < 4.78 is 3.09. The maximum atomic E-state index is 9.32. The number of nitriles is 1. The molecule has 1 aromatic heterocycles. The normalized spacial score (nSPS) is 10.7. The summed E-state index contributed by atoms with van der Waals surface area (Å²) in [5.41, 5.74) is 5.00. The number of hydrogen-bond acceptors (Lipinski definition) is 2. The molecule has 0 N–H and O–H groups in total. The second-order valence-corrected chi connectivity index (χ2v) is 7.56. The molecule has 1 heterocycles. The first-order valence-electron chi connectivity index (χ1n) is 9.06. The Kier molecular flexibility index (Phi) is 6.92. The molecule has 0 fully saturated rings. The standard InChI is InChI=1S/C22H21ClIN3/c1-2-3-8-21-26-22(23)20(13-24)27(21)15-16-9-11-17(12-10-16)19-7-5-4-6-18(19)14-25/h4-7,9-12H,2-3,8,13,15H2,1H3. The van der Waals surface area contributed by atoms with Crippen molar-refractivity contribution >= 4 is 34.2 Å². The molecule has 0 amide bonds. The summed E-state index contributed by atoms with van der Waals surface area (Å²) in [7, 11) is 0. The first kappa shape index (κ1) is 19.9. The SMILES string of the molecule is CCCCc1nc(Cl)c(CI)n1Cc1ccc(-c2ccccc2C#N)cc1. The Bertz CT molecular complexity index is 955. The van der Waals surface area contributed by atoms with Crippen molar-refractivity contribution in [2.45, 2.75) is 37.2 Å². The van der Waals surface area contributed by atoms with E-state index < -0.39 is 0 Å². The largest absolute Gasteiger partial charge is 0.325 e. The van der Waals surface area contributed by atoms with Crippen LogP contribution in [0.2, 0.25) is 5.15 Å². The minimum Gasteiger partial charge on any atom is -0.325 e. The minimum absolute atomic E-state index is 0.620. The zero-order valence-corrected chi connectivity index (χ0v) is 18.2. The molecule has 0 spiro atoms. The van der Waals surface area contributed by atoms with Crippen molar-refractivity contribution in [1.29, 1.82) is 5.26 Å². The van der Waals surface area contributed by atoms with Crippen molar-refractivity contribution in [2.75, 3.05) is 0 Å². The van der Waals surface area contributed by atoms with Gasteiger partial charge in [0.1, 0.15) is 5.82 Å². The van der Waals surface area contributed by atoms with Gasteiger partial charge in [0, 0.05) is 17.4 Å². The number of unbranched alkanes of at least 4 members (excludes halogenated alkanes) is 1. The summed E-state index contributed by atoms with van der Waals surface area (Å²) in [6.45, 7) is 2.95. The lowest BCUT2D eigenvalue weighted by molar-refractivity contribution is 0.666. The molecule has 3 rings (SSSR count). The van der Waals surface area contributed by atoms with Crippen molar-refractivity contribution in [3.8, 4) is 17.2 Å². The van der Waals surface area contributed by atoms with Gasteiger partial charge in [0.25, 0.3) is 0 Å². The number of benzene rings is 2. The van der Waals surface area contributed by atoms with E-state index in [1.165, 1.54) is 5.56 Å². The van der Waals surface area contributed by atoms with Crippen LogP contribution in [0.5, 0.6) is 0 Å². The van der Waals surface area contributed by atoms with Gasteiger partial charge < -0.3 is 4.57 Å². The van der Waals surface area contributed by atoms with E-state index in [2.05, 4.69) is 69.4 Å². The Hall–Kier alpha value is -1.84. The summed E-state index contributed by atoms with van der Waals surface area (Å²) in [6, 6.07) is 18.4. The first-order chi connectivity index (χ1) is 13.2. The molecule has 0 bridgehead atoms. The van der Waals surface area contributed by atoms with E-state index >= 15 is 0 Å². The average Bonchev–Trinajstić information content (AvgIpc) is 3.01. The monoisotopic (exact) mass is 489 g/mol. The van der Waals surface area contributed by atoms with Gasteiger partial charge in [-0.1, -0.05) is 90.0 Å². The maximum Gasteiger partial charge on any atom is 0.151 e. The quantitative estimate of drug-likeness (QED) is 0.285. The van der Waals surface area contributed by atoms with Crippen LogP contribution in [0.1, 0.15) is 42.4 Å². The van der Waals surface area contributed by atoms with E-state index in [4.69, 9.17) is 11.6 Å². The molecule has 0 atom stereocenters.